The van der Waals surface area contributed by atoms with Crippen LogP contribution in [-0.4, -0.2) is 11.8 Å². The molecule has 1 saturated carbocycles. The van der Waals surface area contributed by atoms with Crippen LogP contribution < -0.4 is 10.6 Å². The number of halogens is 3. The normalized spacial score (nSPS) is 18.8. The molecule has 2 amide bonds. The van der Waals surface area contributed by atoms with Crippen LogP contribution in [0.15, 0.2) is 42.5 Å². The molecule has 0 aromatic heterocycles. The van der Waals surface area contributed by atoms with E-state index in [1.807, 2.05) is 25.1 Å². The number of hydrogen-bond acceptors (Lipinski definition) is 2. The van der Waals surface area contributed by atoms with Crippen molar-refractivity contribution in [1.29, 1.82) is 0 Å². The molecule has 31 heavy (non-hydrogen) atoms. The predicted octanol–water partition coefficient (Wildman–Crippen LogP) is 5.28. The average molecular weight is 430 g/mol. The first-order valence-corrected chi connectivity index (χ1v) is 10.6. The highest BCUT2D eigenvalue weighted by Gasteiger charge is 2.44. The number of nitrogens with one attached hydrogen (secondary N) is 2. The van der Waals surface area contributed by atoms with Gasteiger partial charge in [-0.25, -0.2) is 0 Å². The molecule has 1 fully saturated rings. The fourth-order valence-corrected chi connectivity index (χ4v) is 4.71. The Morgan fingerprint density at radius 3 is 2.55 bits per heavy atom. The molecule has 1 aliphatic carbocycles. The molecule has 2 aromatic carbocycles. The van der Waals surface area contributed by atoms with Crippen LogP contribution in [-0.2, 0) is 27.6 Å². The molecular weight excluding hydrogens is 405 g/mol. The lowest BCUT2D eigenvalue weighted by Crippen LogP contribution is -2.43. The van der Waals surface area contributed by atoms with Gasteiger partial charge >= 0.3 is 6.18 Å². The van der Waals surface area contributed by atoms with Gasteiger partial charge in [-0.1, -0.05) is 43.2 Å². The molecule has 164 valence electrons. The van der Waals surface area contributed by atoms with Crippen molar-refractivity contribution >= 4 is 17.5 Å². The third-order valence-electron chi connectivity index (χ3n) is 6.51. The highest BCUT2D eigenvalue weighted by atomic mass is 19.4. The Morgan fingerprint density at radius 2 is 1.84 bits per heavy atom. The number of aryl methyl sites for hydroxylation is 1. The lowest BCUT2D eigenvalue weighted by molar-refractivity contribution is -0.138. The van der Waals surface area contributed by atoms with Crippen LogP contribution in [0.2, 0.25) is 0 Å². The molecule has 0 spiro atoms. The van der Waals surface area contributed by atoms with E-state index < -0.39 is 17.2 Å². The fraction of sp³-hybridized carbons (Fsp3) is 0.417. The van der Waals surface area contributed by atoms with Crippen molar-refractivity contribution in [2.45, 2.75) is 63.1 Å². The van der Waals surface area contributed by atoms with E-state index >= 15 is 0 Å². The highest BCUT2D eigenvalue weighted by molar-refractivity contribution is 5.94. The van der Waals surface area contributed by atoms with Crippen LogP contribution in [0.5, 0.6) is 0 Å². The zero-order valence-electron chi connectivity index (χ0n) is 17.3. The minimum atomic E-state index is -4.45. The summed E-state index contributed by atoms with van der Waals surface area (Å²) in [5, 5.41) is 5.88. The summed E-state index contributed by atoms with van der Waals surface area (Å²) in [4.78, 5) is 24.9. The number of fused-ring (bicyclic) bond motifs is 1. The van der Waals surface area contributed by atoms with Crippen molar-refractivity contribution in [3.05, 3.63) is 64.7 Å². The summed E-state index contributed by atoms with van der Waals surface area (Å²) < 4.78 is 39.7. The Morgan fingerprint density at radius 1 is 1.10 bits per heavy atom. The van der Waals surface area contributed by atoms with Crippen molar-refractivity contribution in [3.8, 4) is 0 Å². The van der Waals surface area contributed by atoms with Crippen molar-refractivity contribution in [1.82, 2.24) is 5.32 Å². The Hall–Kier alpha value is -2.83. The van der Waals surface area contributed by atoms with E-state index in [9.17, 15) is 22.8 Å². The van der Waals surface area contributed by atoms with Crippen molar-refractivity contribution in [2.75, 3.05) is 5.32 Å². The number of rotatable bonds is 4. The van der Waals surface area contributed by atoms with Crippen LogP contribution >= 0.6 is 0 Å². The van der Waals surface area contributed by atoms with Gasteiger partial charge in [-0.15, -0.1) is 0 Å². The molecule has 1 atom stereocenters. The van der Waals surface area contributed by atoms with Crippen LogP contribution in [0.1, 0.15) is 67.3 Å². The summed E-state index contributed by atoms with van der Waals surface area (Å²) in [6, 6.07) is 10.5. The monoisotopic (exact) mass is 430 g/mol. The van der Waals surface area contributed by atoms with E-state index in [1.165, 1.54) is 6.07 Å². The topological polar surface area (TPSA) is 58.2 Å². The number of anilines is 1. The lowest BCUT2D eigenvalue weighted by atomic mass is 9.77. The summed E-state index contributed by atoms with van der Waals surface area (Å²) >= 11 is 0. The van der Waals surface area contributed by atoms with Gasteiger partial charge in [0.1, 0.15) is 0 Å². The number of carbonyl (C=O) groups is 2. The van der Waals surface area contributed by atoms with E-state index in [0.29, 0.717) is 31.2 Å². The van der Waals surface area contributed by atoms with E-state index in [4.69, 9.17) is 0 Å². The van der Waals surface area contributed by atoms with Gasteiger partial charge in [0.15, 0.2) is 0 Å². The highest BCUT2D eigenvalue weighted by Crippen LogP contribution is 2.43. The SMILES string of the molecule is C[C@@H](NC(=O)C1(c2cccc(C(F)(F)F)c2)CCCC1)c1ccc2c(c1)CCC(=O)N2. The van der Waals surface area contributed by atoms with Gasteiger partial charge in [0.25, 0.3) is 0 Å². The number of benzene rings is 2. The molecule has 7 heteroatoms. The molecule has 1 aliphatic heterocycles. The largest absolute Gasteiger partial charge is 0.416 e. The Kier molecular flexibility index (Phi) is 5.54. The van der Waals surface area contributed by atoms with Gasteiger partial charge in [-0.3, -0.25) is 9.59 Å². The van der Waals surface area contributed by atoms with E-state index in [2.05, 4.69) is 10.6 Å². The Balaban J connectivity index is 1.58. The maximum atomic E-state index is 13.4. The summed E-state index contributed by atoms with van der Waals surface area (Å²) in [6.45, 7) is 1.87. The molecule has 2 aromatic rings. The van der Waals surface area contributed by atoms with Crippen LogP contribution in [0, 0.1) is 0 Å². The third-order valence-corrected chi connectivity index (χ3v) is 6.51. The zero-order valence-corrected chi connectivity index (χ0v) is 17.3. The maximum absolute atomic E-state index is 13.4. The van der Waals surface area contributed by atoms with Crippen molar-refractivity contribution in [2.24, 2.45) is 0 Å². The van der Waals surface area contributed by atoms with Crippen LogP contribution in [0.25, 0.3) is 0 Å². The molecule has 4 rings (SSSR count). The van der Waals surface area contributed by atoms with Crippen LogP contribution in [0.4, 0.5) is 18.9 Å². The zero-order chi connectivity index (χ0) is 22.2. The van der Waals surface area contributed by atoms with Crippen LogP contribution in [0.3, 0.4) is 0 Å². The summed E-state index contributed by atoms with van der Waals surface area (Å²) in [7, 11) is 0. The Labute approximate surface area is 179 Å². The van der Waals surface area contributed by atoms with Gasteiger partial charge in [-0.2, -0.15) is 13.2 Å². The smallest absolute Gasteiger partial charge is 0.349 e. The van der Waals surface area contributed by atoms with Gasteiger partial charge < -0.3 is 10.6 Å². The van der Waals surface area contributed by atoms with E-state index in [-0.39, 0.29) is 17.9 Å². The van der Waals surface area contributed by atoms with Gasteiger partial charge in [0, 0.05) is 12.1 Å². The molecule has 0 saturated heterocycles. The maximum Gasteiger partial charge on any atom is 0.416 e. The summed E-state index contributed by atoms with van der Waals surface area (Å²) in [5.74, 6) is -0.242. The molecule has 4 nitrogen and oxygen atoms in total. The van der Waals surface area contributed by atoms with Gasteiger partial charge in [0.05, 0.1) is 17.0 Å². The van der Waals surface area contributed by atoms with Crippen molar-refractivity contribution < 1.29 is 22.8 Å². The fourth-order valence-electron chi connectivity index (χ4n) is 4.71. The second-order valence-electron chi connectivity index (χ2n) is 8.53. The lowest BCUT2D eigenvalue weighted by Gasteiger charge is -2.31. The quantitative estimate of drug-likeness (QED) is 0.694. The summed E-state index contributed by atoms with van der Waals surface area (Å²) in [6.07, 6.45) is -0.711. The minimum Gasteiger partial charge on any atom is -0.349 e. The first-order valence-electron chi connectivity index (χ1n) is 10.6. The second kappa shape index (κ2) is 8.02. The number of amides is 2. The summed E-state index contributed by atoms with van der Waals surface area (Å²) in [5.41, 5.74) is 1.46. The molecule has 1 heterocycles. The molecular formula is C24H25F3N2O2. The predicted molar refractivity (Wildman–Crippen MR) is 112 cm³/mol. The van der Waals surface area contributed by atoms with E-state index in [0.717, 1.165) is 41.8 Å². The number of carbonyl (C=O) groups excluding carboxylic acids is 2. The standard InChI is InChI=1S/C24H25F3N2O2/c1-15(16-7-9-20-17(13-16)8-10-21(30)29-20)28-22(31)23(11-2-3-12-23)18-5-4-6-19(14-18)24(25,26)27/h4-7,9,13-15H,2-3,8,10-12H2,1H3,(H,28,31)(H,29,30)/t15-/m1/s1. The third kappa shape index (κ3) is 4.18. The molecule has 2 aliphatic rings. The first kappa shape index (κ1) is 21.4. The molecule has 0 bridgehead atoms. The van der Waals surface area contributed by atoms with Crippen molar-refractivity contribution in [3.63, 3.8) is 0 Å². The average Bonchev–Trinajstić information content (AvgIpc) is 3.24. The molecule has 0 radical (unpaired) electrons. The number of alkyl halides is 3. The Bertz CT molecular complexity index is 1010. The number of hydrogen-bond donors (Lipinski definition) is 2. The van der Waals surface area contributed by atoms with E-state index in [1.54, 1.807) is 6.07 Å². The molecule has 2 N–H and O–H groups in total. The van der Waals surface area contributed by atoms with Gasteiger partial charge in [-0.05, 0) is 55.0 Å². The second-order valence-corrected chi connectivity index (χ2v) is 8.53. The first-order chi connectivity index (χ1) is 14.7. The molecule has 0 unspecified atom stereocenters. The minimum absolute atomic E-state index is 0.00846. The van der Waals surface area contributed by atoms with Gasteiger partial charge in [0.2, 0.25) is 11.8 Å².